The van der Waals surface area contributed by atoms with Crippen LogP contribution in [0.2, 0.25) is 5.02 Å². The van der Waals surface area contributed by atoms with Gasteiger partial charge < -0.3 is 14.5 Å². The number of rotatable bonds is 5. The van der Waals surface area contributed by atoms with Gasteiger partial charge in [-0.15, -0.1) is 11.3 Å². The topological polar surface area (TPSA) is 64.2 Å². The van der Waals surface area contributed by atoms with E-state index in [1.165, 1.54) is 10.4 Å². The Morgan fingerprint density at radius 1 is 1.22 bits per heavy atom. The molecule has 8 heteroatoms. The number of benzene rings is 2. The van der Waals surface area contributed by atoms with Gasteiger partial charge in [-0.3, -0.25) is 4.79 Å². The first-order chi connectivity index (χ1) is 17.1. The Bertz CT molecular complexity index is 1490. The van der Waals surface area contributed by atoms with Crippen molar-refractivity contribution in [1.82, 2.24) is 9.97 Å². The van der Waals surface area contributed by atoms with Crippen LogP contribution in [0.5, 0.6) is 11.5 Å². The van der Waals surface area contributed by atoms with Gasteiger partial charge in [0.05, 0.1) is 17.0 Å². The zero-order valence-electron chi connectivity index (χ0n) is 20.7. The highest BCUT2D eigenvalue weighted by Crippen LogP contribution is 2.43. The SMILES string of the molecule is COc1cc(-c2nc3sc4c(c3c(=O)[nH]2)CCC(C(C)(C)C)C4)cc(Br)c1OCc1ccc(Cl)cc1. The Labute approximate surface area is 228 Å². The Morgan fingerprint density at radius 3 is 2.67 bits per heavy atom. The van der Waals surface area contributed by atoms with Crippen molar-refractivity contribution in [2.45, 2.75) is 46.6 Å². The summed E-state index contributed by atoms with van der Waals surface area (Å²) in [5.41, 5.74) is 3.08. The fourth-order valence-electron chi connectivity index (χ4n) is 4.79. The van der Waals surface area contributed by atoms with Crippen molar-refractivity contribution < 1.29 is 9.47 Å². The van der Waals surface area contributed by atoms with Crippen LogP contribution in [0.3, 0.4) is 0 Å². The van der Waals surface area contributed by atoms with Crippen molar-refractivity contribution in [2.75, 3.05) is 7.11 Å². The van der Waals surface area contributed by atoms with Crippen LogP contribution in [0.4, 0.5) is 0 Å². The van der Waals surface area contributed by atoms with E-state index in [4.69, 9.17) is 26.1 Å². The molecule has 1 aliphatic rings. The summed E-state index contributed by atoms with van der Waals surface area (Å²) < 4.78 is 12.4. The van der Waals surface area contributed by atoms with Crippen molar-refractivity contribution in [3.63, 3.8) is 0 Å². The highest BCUT2D eigenvalue weighted by atomic mass is 79.9. The van der Waals surface area contributed by atoms with E-state index in [9.17, 15) is 4.79 Å². The van der Waals surface area contributed by atoms with E-state index in [0.29, 0.717) is 39.3 Å². The van der Waals surface area contributed by atoms with Crippen molar-refractivity contribution >= 4 is 49.1 Å². The maximum Gasteiger partial charge on any atom is 0.260 e. The van der Waals surface area contributed by atoms with E-state index in [1.54, 1.807) is 18.4 Å². The van der Waals surface area contributed by atoms with Crippen LogP contribution >= 0.6 is 38.9 Å². The van der Waals surface area contributed by atoms with Gasteiger partial charge in [-0.05, 0) is 81.9 Å². The Kier molecular flexibility index (Phi) is 6.92. The molecule has 0 aliphatic heterocycles. The average Bonchev–Trinajstić information content (AvgIpc) is 3.21. The molecule has 0 saturated carbocycles. The van der Waals surface area contributed by atoms with Gasteiger partial charge in [0.15, 0.2) is 11.5 Å². The van der Waals surface area contributed by atoms with Gasteiger partial charge >= 0.3 is 0 Å². The second kappa shape index (κ2) is 9.84. The molecule has 5 rings (SSSR count). The summed E-state index contributed by atoms with van der Waals surface area (Å²) in [6.07, 6.45) is 3.04. The van der Waals surface area contributed by atoms with E-state index in [2.05, 4.69) is 41.7 Å². The molecule has 2 aromatic heterocycles. The highest BCUT2D eigenvalue weighted by molar-refractivity contribution is 9.10. The minimum absolute atomic E-state index is 0.0835. The largest absolute Gasteiger partial charge is 0.493 e. The molecule has 0 radical (unpaired) electrons. The van der Waals surface area contributed by atoms with Crippen LogP contribution in [0.15, 0.2) is 45.7 Å². The van der Waals surface area contributed by atoms with E-state index >= 15 is 0 Å². The number of ether oxygens (including phenoxy) is 2. The van der Waals surface area contributed by atoms with Gasteiger partial charge in [0.2, 0.25) is 0 Å². The lowest BCUT2D eigenvalue weighted by molar-refractivity contribution is 0.218. The third kappa shape index (κ3) is 4.93. The molecule has 2 heterocycles. The molecule has 0 saturated heterocycles. The average molecular weight is 588 g/mol. The van der Waals surface area contributed by atoms with Crippen molar-refractivity contribution in [3.8, 4) is 22.9 Å². The molecule has 2 aromatic carbocycles. The summed E-state index contributed by atoms with van der Waals surface area (Å²) in [5.74, 6) is 2.26. The minimum Gasteiger partial charge on any atom is -0.493 e. The van der Waals surface area contributed by atoms with E-state index in [0.717, 1.165) is 40.6 Å². The third-order valence-electron chi connectivity index (χ3n) is 6.94. The van der Waals surface area contributed by atoms with Crippen LogP contribution in [-0.4, -0.2) is 17.1 Å². The van der Waals surface area contributed by atoms with E-state index < -0.39 is 0 Å². The lowest BCUT2D eigenvalue weighted by Gasteiger charge is -2.33. The van der Waals surface area contributed by atoms with Crippen LogP contribution in [-0.2, 0) is 19.4 Å². The summed E-state index contributed by atoms with van der Waals surface area (Å²) in [6, 6.07) is 11.2. The number of thiophene rings is 1. The Hall–Kier alpha value is -2.35. The second-order valence-corrected chi connectivity index (χ2v) is 12.7. The molecule has 188 valence electrons. The molecular formula is C28H28BrClN2O3S. The summed E-state index contributed by atoms with van der Waals surface area (Å²) in [7, 11) is 1.60. The van der Waals surface area contributed by atoms with Gasteiger partial charge in [0.1, 0.15) is 17.3 Å². The predicted molar refractivity (Wildman–Crippen MR) is 151 cm³/mol. The molecule has 1 aliphatic carbocycles. The number of aromatic amines is 1. The predicted octanol–water partition coefficient (Wildman–Crippen LogP) is 7.81. The van der Waals surface area contributed by atoms with Gasteiger partial charge in [0.25, 0.3) is 5.56 Å². The lowest BCUT2D eigenvalue weighted by atomic mass is 9.72. The molecule has 0 amide bonds. The lowest BCUT2D eigenvalue weighted by Crippen LogP contribution is -2.26. The van der Waals surface area contributed by atoms with E-state index in [-0.39, 0.29) is 11.0 Å². The molecule has 36 heavy (non-hydrogen) atoms. The number of nitrogens with zero attached hydrogens (tertiary/aromatic N) is 1. The summed E-state index contributed by atoms with van der Waals surface area (Å²) in [4.78, 5) is 23.2. The molecular weight excluding hydrogens is 560 g/mol. The minimum atomic E-state index is -0.0835. The summed E-state index contributed by atoms with van der Waals surface area (Å²) in [5, 5.41) is 1.43. The molecule has 4 aromatic rings. The first kappa shape index (κ1) is 25.3. The van der Waals surface area contributed by atoms with Gasteiger partial charge in [0, 0.05) is 15.5 Å². The smallest absolute Gasteiger partial charge is 0.260 e. The number of H-pyrrole nitrogens is 1. The number of hydrogen-bond donors (Lipinski definition) is 1. The van der Waals surface area contributed by atoms with Gasteiger partial charge in [-0.2, -0.15) is 0 Å². The summed E-state index contributed by atoms with van der Waals surface area (Å²) in [6.45, 7) is 7.26. The second-order valence-electron chi connectivity index (χ2n) is 10.3. The third-order valence-corrected chi connectivity index (χ3v) is 8.93. The molecule has 0 bridgehead atoms. The molecule has 0 spiro atoms. The number of nitrogens with one attached hydrogen (secondary N) is 1. The zero-order valence-corrected chi connectivity index (χ0v) is 23.9. The maximum atomic E-state index is 13.2. The first-order valence-electron chi connectivity index (χ1n) is 11.9. The van der Waals surface area contributed by atoms with E-state index in [1.807, 2.05) is 36.4 Å². The number of hydrogen-bond acceptors (Lipinski definition) is 5. The Balaban J connectivity index is 1.48. The number of fused-ring (bicyclic) bond motifs is 3. The molecule has 1 unspecified atom stereocenters. The van der Waals surface area contributed by atoms with Crippen LogP contribution in [0.25, 0.3) is 21.6 Å². The van der Waals surface area contributed by atoms with Gasteiger partial charge in [-0.1, -0.05) is 44.5 Å². The zero-order chi connectivity index (χ0) is 25.6. The highest BCUT2D eigenvalue weighted by Gasteiger charge is 2.31. The molecule has 5 nitrogen and oxygen atoms in total. The number of halogens is 2. The monoisotopic (exact) mass is 586 g/mol. The maximum absolute atomic E-state index is 13.2. The van der Waals surface area contributed by atoms with Crippen LogP contribution in [0.1, 0.15) is 43.2 Å². The fraction of sp³-hybridized carbons (Fsp3) is 0.357. The van der Waals surface area contributed by atoms with Crippen LogP contribution in [0, 0.1) is 11.3 Å². The van der Waals surface area contributed by atoms with Crippen molar-refractivity contribution in [2.24, 2.45) is 11.3 Å². The van der Waals surface area contributed by atoms with Crippen LogP contribution < -0.4 is 15.0 Å². The summed E-state index contributed by atoms with van der Waals surface area (Å²) >= 11 is 11.3. The normalized spacial score (nSPS) is 15.7. The first-order valence-corrected chi connectivity index (χ1v) is 13.9. The van der Waals surface area contributed by atoms with Gasteiger partial charge in [-0.25, -0.2) is 4.98 Å². The molecule has 1 atom stereocenters. The standard InChI is InChI=1S/C28H28BrClN2O3S/c1-28(2,3)17-7-10-19-22(13-17)36-27-23(19)26(33)31-25(32-27)16-11-20(29)24(21(12-16)34-4)35-14-15-5-8-18(30)9-6-15/h5-6,8-9,11-12,17H,7,10,13-14H2,1-4H3,(H,31,32,33). The van der Waals surface area contributed by atoms with Crippen molar-refractivity contribution in [3.05, 3.63) is 72.3 Å². The number of aryl methyl sites for hydroxylation is 1. The van der Waals surface area contributed by atoms with Crippen molar-refractivity contribution in [1.29, 1.82) is 0 Å². The molecule has 0 fully saturated rings. The Morgan fingerprint density at radius 2 is 1.97 bits per heavy atom. The number of methoxy groups -OCH3 is 1. The molecule has 1 N–H and O–H groups in total. The fourth-order valence-corrected chi connectivity index (χ4v) is 6.78. The quantitative estimate of drug-likeness (QED) is 0.259. The number of aromatic nitrogens is 2.